The van der Waals surface area contributed by atoms with Gasteiger partial charge in [0.15, 0.2) is 0 Å². The van der Waals surface area contributed by atoms with E-state index in [2.05, 4.69) is 21.2 Å². The van der Waals surface area contributed by atoms with Gasteiger partial charge in [0.2, 0.25) is 5.91 Å². The maximum atomic E-state index is 13.7. The Morgan fingerprint density at radius 3 is 2.90 bits per heavy atom. The largest absolute Gasteiger partial charge is 0.395 e. The highest BCUT2D eigenvalue weighted by molar-refractivity contribution is 9.10. The number of amides is 1. The van der Waals surface area contributed by atoms with Gasteiger partial charge in [-0.15, -0.1) is 0 Å². The zero-order valence-electron chi connectivity index (χ0n) is 11.1. The number of benzene rings is 1. The summed E-state index contributed by atoms with van der Waals surface area (Å²) in [6.07, 6.45) is 2.07. The van der Waals surface area contributed by atoms with Crippen LogP contribution >= 0.6 is 15.9 Å². The van der Waals surface area contributed by atoms with Crippen LogP contribution in [0.1, 0.15) is 18.4 Å². The number of hydrogen-bond acceptors (Lipinski definition) is 3. The van der Waals surface area contributed by atoms with E-state index in [1.54, 1.807) is 17.0 Å². The molecule has 6 heteroatoms. The summed E-state index contributed by atoms with van der Waals surface area (Å²) < 4.78 is 14.5. The molecule has 2 N–H and O–H groups in total. The average Bonchev–Trinajstić information content (AvgIpc) is 3.18. The topological polar surface area (TPSA) is 52.6 Å². The first-order valence-electron chi connectivity index (χ1n) is 6.65. The van der Waals surface area contributed by atoms with Crippen molar-refractivity contribution >= 4 is 21.8 Å². The Kier molecular flexibility index (Phi) is 5.51. The molecule has 1 aliphatic rings. The van der Waals surface area contributed by atoms with E-state index in [4.69, 9.17) is 5.11 Å². The molecule has 0 spiro atoms. The molecule has 0 atom stereocenters. The van der Waals surface area contributed by atoms with Gasteiger partial charge in [0.1, 0.15) is 5.82 Å². The molecule has 1 amide bonds. The Morgan fingerprint density at radius 2 is 2.25 bits per heavy atom. The zero-order chi connectivity index (χ0) is 14.5. The van der Waals surface area contributed by atoms with Gasteiger partial charge in [-0.25, -0.2) is 4.39 Å². The molecule has 4 nitrogen and oxygen atoms in total. The van der Waals surface area contributed by atoms with Gasteiger partial charge in [-0.3, -0.25) is 9.69 Å². The highest BCUT2D eigenvalue weighted by Crippen LogP contribution is 2.19. The van der Waals surface area contributed by atoms with Gasteiger partial charge in [-0.1, -0.05) is 15.9 Å². The van der Waals surface area contributed by atoms with Crippen LogP contribution in [0.3, 0.4) is 0 Å². The van der Waals surface area contributed by atoms with Crippen LogP contribution in [-0.4, -0.2) is 41.7 Å². The molecule has 0 heterocycles. The van der Waals surface area contributed by atoms with Crippen LogP contribution in [0.15, 0.2) is 22.7 Å². The Labute approximate surface area is 126 Å². The van der Waals surface area contributed by atoms with Gasteiger partial charge in [-0.2, -0.15) is 0 Å². The fraction of sp³-hybridized carbons (Fsp3) is 0.500. The molecule has 0 aliphatic heterocycles. The van der Waals surface area contributed by atoms with E-state index < -0.39 is 0 Å². The average molecular weight is 345 g/mol. The van der Waals surface area contributed by atoms with E-state index in [-0.39, 0.29) is 24.9 Å². The highest BCUT2D eigenvalue weighted by Gasteiger charge is 2.24. The first-order valence-corrected chi connectivity index (χ1v) is 7.44. The quantitative estimate of drug-likeness (QED) is 0.790. The predicted octanol–water partition coefficient (Wildman–Crippen LogP) is 1.66. The molecule has 0 bridgehead atoms. The van der Waals surface area contributed by atoms with Crippen LogP contribution in [-0.2, 0) is 11.3 Å². The molecule has 20 heavy (non-hydrogen) atoms. The number of nitrogens with zero attached hydrogens (tertiary/aromatic N) is 1. The Morgan fingerprint density at radius 1 is 1.50 bits per heavy atom. The van der Waals surface area contributed by atoms with Crippen molar-refractivity contribution in [1.82, 2.24) is 10.2 Å². The number of rotatable bonds is 7. The number of aliphatic hydroxyl groups is 1. The summed E-state index contributed by atoms with van der Waals surface area (Å²) in [6.45, 7) is 0.739. The molecule has 1 fully saturated rings. The lowest BCUT2D eigenvalue weighted by Gasteiger charge is -2.21. The predicted molar refractivity (Wildman–Crippen MR) is 77.6 cm³/mol. The fourth-order valence-electron chi connectivity index (χ4n) is 1.96. The molecule has 0 saturated heterocycles. The van der Waals surface area contributed by atoms with E-state index in [1.165, 1.54) is 6.07 Å². The van der Waals surface area contributed by atoms with Crippen LogP contribution in [0.5, 0.6) is 0 Å². The molecule has 0 radical (unpaired) electrons. The van der Waals surface area contributed by atoms with Crippen LogP contribution in [0.2, 0.25) is 0 Å². The van der Waals surface area contributed by atoms with Crippen LogP contribution in [0.4, 0.5) is 4.39 Å². The second-order valence-electron chi connectivity index (χ2n) is 5.01. The third kappa shape index (κ3) is 4.85. The summed E-state index contributed by atoms with van der Waals surface area (Å²) in [5.41, 5.74) is 0.507. The third-order valence-corrected chi connectivity index (χ3v) is 3.62. The van der Waals surface area contributed by atoms with Crippen LogP contribution in [0, 0.1) is 5.82 Å². The summed E-state index contributed by atoms with van der Waals surface area (Å²) in [6, 6.07) is 5.02. The van der Waals surface area contributed by atoms with E-state index in [0.717, 1.165) is 17.3 Å². The van der Waals surface area contributed by atoms with Crippen molar-refractivity contribution in [3.63, 3.8) is 0 Å². The second-order valence-corrected chi connectivity index (χ2v) is 5.93. The van der Waals surface area contributed by atoms with Crippen molar-refractivity contribution < 1.29 is 14.3 Å². The molecule has 1 aromatic rings. The molecule has 1 saturated carbocycles. The van der Waals surface area contributed by atoms with Gasteiger partial charge < -0.3 is 10.4 Å². The lowest BCUT2D eigenvalue weighted by Crippen LogP contribution is -2.39. The smallest absolute Gasteiger partial charge is 0.234 e. The van der Waals surface area contributed by atoms with Crippen molar-refractivity contribution in [2.75, 3.05) is 19.7 Å². The molecule has 0 unspecified atom stereocenters. The minimum Gasteiger partial charge on any atom is -0.395 e. The summed E-state index contributed by atoms with van der Waals surface area (Å²) >= 11 is 3.30. The standard InChI is InChI=1S/C14H18BrFN2O2/c15-11-1-4-13(16)10(7-11)8-18(5-6-19)9-14(20)17-12-2-3-12/h1,4,7,12,19H,2-3,5-6,8-9H2,(H,17,20). The third-order valence-electron chi connectivity index (χ3n) is 3.13. The van der Waals surface area contributed by atoms with Crippen molar-refractivity contribution in [3.8, 4) is 0 Å². The monoisotopic (exact) mass is 344 g/mol. The van der Waals surface area contributed by atoms with Crippen molar-refractivity contribution in [2.45, 2.75) is 25.4 Å². The van der Waals surface area contributed by atoms with E-state index in [1.807, 2.05) is 0 Å². The van der Waals surface area contributed by atoms with E-state index in [9.17, 15) is 9.18 Å². The number of halogens is 2. The van der Waals surface area contributed by atoms with Crippen molar-refractivity contribution in [2.24, 2.45) is 0 Å². The number of nitrogens with one attached hydrogen (secondary N) is 1. The SMILES string of the molecule is O=C(CN(CCO)Cc1cc(Br)ccc1F)NC1CC1. The normalized spacial score (nSPS) is 14.6. The number of carbonyl (C=O) groups excluding carboxylic acids is 1. The molecule has 0 aromatic heterocycles. The van der Waals surface area contributed by atoms with Gasteiger partial charge in [0.05, 0.1) is 13.2 Å². The first-order chi connectivity index (χ1) is 9.58. The first kappa shape index (κ1) is 15.4. The van der Waals surface area contributed by atoms with E-state index in [0.29, 0.717) is 24.7 Å². The molecule has 1 aliphatic carbocycles. The lowest BCUT2D eigenvalue weighted by atomic mass is 10.2. The van der Waals surface area contributed by atoms with Crippen molar-refractivity contribution in [1.29, 1.82) is 0 Å². The van der Waals surface area contributed by atoms with Crippen molar-refractivity contribution in [3.05, 3.63) is 34.1 Å². The summed E-state index contributed by atoms with van der Waals surface area (Å²) in [5.74, 6) is -0.380. The minimum absolute atomic E-state index is 0.0632. The Bertz CT molecular complexity index is 480. The fourth-order valence-corrected chi connectivity index (χ4v) is 2.37. The number of aliphatic hydroxyl groups excluding tert-OH is 1. The summed E-state index contributed by atoms with van der Waals surface area (Å²) in [5, 5.41) is 12.0. The minimum atomic E-state index is -0.307. The Balaban J connectivity index is 1.96. The summed E-state index contributed by atoms with van der Waals surface area (Å²) in [4.78, 5) is 13.5. The van der Waals surface area contributed by atoms with E-state index >= 15 is 0 Å². The molecular weight excluding hydrogens is 327 g/mol. The lowest BCUT2D eigenvalue weighted by molar-refractivity contribution is -0.122. The van der Waals surface area contributed by atoms with Gasteiger partial charge in [-0.05, 0) is 31.0 Å². The second kappa shape index (κ2) is 7.15. The molecule has 110 valence electrons. The maximum Gasteiger partial charge on any atom is 0.234 e. The highest BCUT2D eigenvalue weighted by atomic mass is 79.9. The Hall–Kier alpha value is -0.980. The summed E-state index contributed by atoms with van der Waals surface area (Å²) in [7, 11) is 0. The van der Waals surface area contributed by atoms with Gasteiger partial charge >= 0.3 is 0 Å². The molecular formula is C14H18BrFN2O2. The number of hydrogen-bond donors (Lipinski definition) is 2. The number of carbonyl (C=O) groups is 1. The zero-order valence-corrected chi connectivity index (χ0v) is 12.7. The van der Waals surface area contributed by atoms with Gasteiger partial charge in [0, 0.05) is 29.2 Å². The van der Waals surface area contributed by atoms with Gasteiger partial charge in [0.25, 0.3) is 0 Å². The molecule has 2 rings (SSSR count). The molecule has 1 aromatic carbocycles. The van der Waals surface area contributed by atoms with Crippen LogP contribution < -0.4 is 5.32 Å². The maximum absolute atomic E-state index is 13.7. The van der Waals surface area contributed by atoms with Crippen LogP contribution in [0.25, 0.3) is 0 Å².